The molecule has 16 saturated carbocycles. The summed E-state index contributed by atoms with van der Waals surface area (Å²) in [6.07, 6.45) is 31.5. The number of aromatic carboxylic acids is 2. The van der Waals surface area contributed by atoms with Gasteiger partial charge in [-0.3, -0.25) is 0 Å². The van der Waals surface area contributed by atoms with E-state index in [0.717, 1.165) is 82.5 Å². The lowest BCUT2D eigenvalue weighted by Gasteiger charge is -2.64. The van der Waals surface area contributed by atoms with Gasteiger partial charge in [-0.05, 0) is 274 Å². The summed E-state index contributed by atoms with van der Waals surface area (Å²) < 4.78 is 16.2. The van der Waals surface area contributed by atoms with Gasteiger partial charge in [-0.25, -0.2) is 9.59 Å². The number of carboxylic acid groups (broad SMARTS) is 2. The van der Waals surface area contributed by atoms with Crippen LogP contribution in [0.2, 0.25) is 0 Å². The lowest BCUT2D eigenvalue weighted by atomic mass is 9.41. The molecule has 0 saturated heterocycles. The van der Waals surface area contributed by atoms with Crippen LogP contribution < -0.4 is 9.47 Å². The van der Waals surface area contributed by atoms with Crippen LogP contribution in [0.4, 0.5) is 0 Å². The molecule has 66 heavy (non-hydrogen) atoms. The van der Waals surface area contributed by atoms with Crippen LogP contribution >= 0.6 is 0 Å². The fraction of sp³-hybridized carbons (Fsp3) is 0.667. The van der Waals surface area contributed by atoms with E-state index in [1.54, 1.807) is 46.5 Å². The fourth-order valence-electron chi connectivity index (χ4n) is 22.2. The van der Waals surface area contributed by atoms with Crippen LogP contribution in [0.3, 0.4) is 0 Å². The zero-order valence-corrected chi connectivity index (χ0v) is 39.0. The third-order valence-electron chi connectivity index (χ3n) is 22.3. The van der Waals surface area contributed by atoms with Crippen LogP contribution in [0, 0.1) is 71.0 Å². The number of carboxylic acids is 2. The Bertz CT molecular complexity index is 2100. The number of rotatable bonds is 10. The molecule has 0 unspecified atom stereocenters. The molecule has 19 rings (SSSR count). The van der Waals surface area contributed by atoms with Gasteiger partial charge in [-0.2, -0.15) is 0 Å². The second-order valence-corrected chi connectivity index (χ2v) is 26.8. The second kappa shape index (κ2) is 13.9. The molecule has 16 aliphatic carbocycles. The zero-order valence-electron chi connectivity index (χ0n) is 39.0. The van der Waals surface area contributed by atoms with Crippen molar-refractivity contribution in [1.29, 1.82) is 0 Å². The van der Waals surface area contributed by atoms with E-state index in [1.165, 1.54) is 166 Å². The Morgan fingerprint density at radius 3 is 0.682 bits per heavy atom. The van der Waals surface area contributed by atoms with Gasteiger partial charge in [0.15, 0.2) is 0 Å². The molecule has 6 nitrogen and oxygen atoms in total. The van der Waals surface area contributed by atoms with Gasteiger partial charge < -0.3 is 19.7 Å². The maximum atomic E-state index is 12.4. The van der Waals surface area contributed by atoms with Crippen LogP contribution in [-0.4, -0.2) is 22.2 Å². The average molecular weight is 887 g/mol. The maximum Gasteiger partial charge on any atom is 0.335 e. The Morgan fingerprint density at radius 1 is 0.333 bits per heavy atom. The van der Waals surface area contributed by atoms with Gasteiger partial charge in [0, 0.05) is 43.9 Å². The molecular weight excluding hydrogens is 817 g/mol. The normalized spacial score (nSPS) is 44.6. The number of carbonyl (C=O) groups is 2. The summed E-state index contributed by atoms with van der Waals surface area (Å²) in [5.41, 5.74) is 6.93. The van der Waals surface area contributed by atoms with E-state index in [0.29, 0.717) is 11.1 Å². The Labute approximate surface area is 391 Å². The minimum absolute atomic E-state index is 0.00603. The highest BCUT2D eigenvalue weighted by Crippen LogP contribution is 2.74. The Kier molecular flexibility index (Phi) is 8.47. The molecule has 6 heteroatoms. The van der Waals surface area contributed by atoms with Crippen molar-refractivity contribution in [3.63, 3.8) is 0 Å². The summed E-state index contributed by atoms with van der Waals surface area (Å²) in [6.45, 7) is 0. The van der Waals surface area contributed by atoms with E-state index in [4.69, 9.17) is 9.47 Å². The molecule has 0 spiro atoms. The lowest BCUT2D eigenvalue weighted by molar-refractivity contribution is -0.0251. The topological polar surface area (TPSA) is 93.1 Å². The molecule has 0 radical (unpaired) electrons. The van der Waals surface area contributed by atoms with Crippen LogP contribution in [-0.2, 0) is 21.7 Å². The van der Waals surface area contributed by atoms with Gasteiger partial charge in [0.05, 0.1) is 11.1 Å². The molecule has 16 bridgehead atoms. The Hall–Kier alpha value is -3.80. The predicted molar refractivity (Wildman–Crippen MR) is 253 cm³/mol. The molecule has 3 aromatic carbocycles. The van der Waals surface area contributed by atoms with Crippen molar-refractivity contribution in [3.05, 3.63) is 81.9 Å². The first-order valence-corrected chi connectivity index (χ1v) is 27.3. The molecule has 0 atom stereocenters. The molecule has 0 amide bonds. The van der Waals surface area contributed by atoms with E-state index < -0.39 is 11.9 Å². The van der Waals surface area contributed by atoms with E-state index in [1.807, 2.05) is 24.3 Å². The SMILES string of the molecule is O=C(O)c1ccc(Oc2c(C34CC5CC(CC(C5)C3)C4)c(C34CC5CC(CC(C5)C3)C4)c(Oc3ccc(C(=O)O)cc3)c(C34CC5CC(CC(C5)C3)C4)c2C23CC4CC(CC(C4)C2)C3)cc1. The van der Waals surface area contributed by atoms with Crippen molar-refractivity contribution in [2.75, 3.05) is 0 Å². The summed E-state index contributed by atoms with van der Waals surface area (Å²) in [6, 6.07) is 15.1. The van der Waals surface area contributed by atoms with Gasteiger partial charge in [-0.15, -0.1) is 0 Å². The third-order valence-corrected chi connectivity index (χ3v) is 22.3. The van der Waals surface area contributed by atoms with Crippen molar-refractivity contribution in [2.45, 2.75) is 176 Å². The van der Waals surface area contributed by atoms with Crippen molar-refractivity contribution in [2.24, 2.45) is 71.0 Å². The fourth-order valence-corrected chi connectivity index (χ4v) is 22.2. The maximum absolute atomic E-state index is 12.4. The van der Waals surface area contributed by atoms with Gasteiger partial charge >= 0.3 is 11.9 Å². The quantitative estimate of drug-likeness (QED) is 0.211. The first-order valence-electron chi connectivity index (χ1n) is 27.3. The molecule has 0 heterocycles. The molecule has 3 aromatic rings. The Balaban J connectivity index is 1.09. The molecular formula is C60H70O6. The molecule has 16 aliphatic rings. The summed E-state index contributed by atoms with van der Waals surface area (Å²) in [5, 5.41) is 20.3. The highest BCUT2D eigenvalue weighted by Gasteiger charge is 2.64. The standard InChI is InChI=1S/C60H70O6/c61-55(62)45-1-5-47(6-2-45)65-53-49(57-21-33-9-34(22-57)11-35(10-33)23-57)51(59-27-39-15-40(28-59)17-41(16-39)29-59)54(66-48-7-3-46(4-8-48)56(63)64)52(60-30-42-18-43(31-60)20-44(19-42)32-60)50(53)58-24-36-12-37(25-58)14-38(13-36)26-58/h1-8,33-44H,9-32H2,(H,61,62)(H,63,64). The second-order valence-electron chi connectivity index (χ2n) is 26.8. The van der Waals surface area contributed by atoms with E-state index in [-0.39, 0.29) is 21.7 Å². The molecule has 2 N–H and O–H groups in total. The molecule has 16 fully saturated rings. The first-order chi connectivity index (χ1) is 32.0. The van der Waals surface area contributed by atoms with Gasteiger partial charge in [-0.1, -0.05) is 0 Å². The first kappa shape index (κ1) is 40.1. The number of hydrogen-bond donors (Lipinski definition) is 2. The van der Waals surface area contributed by atoms with E-state index >= 15 is 0 Å². The minimum Gasteiger partial charge on any atom is -0.478 e. The van der Waals surface area contributed by atoms with E-state index in [2.05, 4.69) is 0 Å². The minimum atomic E-state index is -0.892. The van der Waals surface area contributed by atoms with Crippen molar-refractivity contribution >= 4 is 11.9 Å². The van der Waals surface area contributed by atoms with Crippen LogP contribution in [0.5, 0.6) is 23.0 Å². The summed E-state index contributed by atoms with van der Waals surface area (Å²) in [4.78, 5) is 24.7. The highest BCUT2D eigenvalue weighted by atomic mass is 16.5. The monoisotopic (exact) mass is 887 g/mol. The molecule has 346 valence electrons. The van der Waals surface area contributed by atoms with Gasteiger partial charge in [0.2, 0.25) is 0 Å². The van der Waals surface area contributed by atoms with Crippen molar-refractivity contribution < 1.29 is 29.3 Å². The average Bonchev–Trinajstić information content (AvgIpc) is 3.25. The smallest absolute Gasteiger partial charge is 0.335 e. The lowest BCUT2D eigenvalue weighted by Crippen LogP contribution is -2.55. The summed E-state index contributed by atoms with van der Waals surface area (Å²) in [7, 11) is 0. The van der Waals surface area contributed by atoms with Gasteiger partial charge in [0.1, 0.15) is 23.0 Å². The van der Waals surface area contributed by atoms with Crippen LogP contribution in [0.1, 0.15) is 197 Å². The summed E-state index contributed by atoms with van der Waals surface area (Å²) >= 11 is 0. The summed E-state index contributed by atoms with van der Waals surface area (Å²) in [5.74, 6) is 11.3. The van der Waals surface area contributed by atoms with Crippen LogP contribution in [0.15, 0.2) is 48.5 Å². The van der Waals surface area contributed by atoms with Crippen LogP contribution in [0.25, 0.3) is 0 Å². The van der Waals surface area contributed by atoms with Crippen molar-refractivity contribution in [1.82, 2.24) is 0 Å². The predicted octanol–water partition coefficient (Wildman–Crippen LogP) is 14.5. The molecule has 0 aromatic heterocycles. The number of benzene rings is 3. The Morgan fingerprint density at radius 2 is 0.515 bits per heavy atom. The highest BCUT2D eigenvalue weighted by molar-refractivity contribution is 5.88. The third kappa shape index (κ3) is 5.96. The van der Waals surface area contributed by atoms with Gasteiger partial charge in [0.25, 0.3) is 0 Å². The number of hydrogen-bond acceptors (Lipinski definition) is 4. The van der Waals surface area contributed by atoms with Crippen molar-refractivity contribution in [3.8, 4) is 23.0 Å². The number of ether oxygens (including phenoxy) is 2. The van der Waals surface area contributed by atoms with E-state index in [9.17, 15) is 19.8 Å². The molecule has 0 aliphatic heterocycles. The zero-order chi connectivity index (χ0) is 43.9. The largest absolute Gasteiger partial charge is 0.478 e.